The average Bonchev–Trinajstić information content (AvgIpc) is 2.73. The van der Waals surface area contributed by atoms with Crippen LogP contribution < -0.4 is 5.32 Å². The molecule has 0 radical (unpaired) electrons. The zero-order valence-electron chi connectivity index (χ0n) is 16.5. The van der Waals surface area contributed by atoms with Gasteiger partial charge in [-0.1, -0.05) is 35.3 Å². The third-order valence-corrected chi connectivity index (χ3v) is 6.48. The Balaban J connectivity index is 1.42. The summed E-state index contributed by atoms with van der Waals surface area (Å²) < 4.78 is 0. The highest BCUT2D eigenvalue weighted by Crippen LogP contribution is 2.29. The first-order valence-corrected chi connectivity index (χ1v) is 10.9. The van der Waals surface area contributed by atoms with Crippen LogP contribution in [0.25, 0.3) is 0 Å². The van der Waals surface area contributed by atoms with Gasteiger partial charge >= 0.3 is 0 Å². The van der Waals surface area contributed by atoms with Crippen LogP contribution in [0, 0.1) is 5.92 Å². The molecule has 2 aliphatic rings. The highest BCUT2D eigenvalue weighted by molar-refractivity contribution is 6.35. The number of likely N-dealkylation sites (tertiary alicyclic amines) is 1. The van der Waals surface area contributed by atoms with Crippen molar-refractivity contribution >= 4 is 40.6 Å². The number of rotatable bonds is 4. The van der Waals surface area contributed by atoms with Gasteiger partial charge in [0.05, 0.1) is 11.6 Å². The van der Waals surface area contributed by atoms with Crippen LogP contribution in [0.5, 0.6) is 0 Å². The van der Waals surface area contributed by atoms with Gasteiger partial charge in [0.15, 0.2) is 0 Å². The third kappa shape index (κ3) is 4.76. The van der Waals surface area contributed by atoms with Gasteiger partial charge in [0.2, 0.25) is 5.91 Å². The molecule has 2 aliphatic heterocycles. The Morgan fingerprint density at radius 1 is 1.17 bits per heavy atom. The van der Waals surface area contributed by atoms with E-state index in [1.807, 2.05) is 29.2 Å². The number of aryl methyl sites for hydroxylation is 1. The maximum absolute atomic E-state index is 11.5. The number of carbonyl (C=O) groups excluding carboxylic acids is 1. The topological polar surface area (TPSA) is 44.7 Å². The van der Waals surface area contributed by atoms with Crippen molar-refractivity contribution < 1.29 is 4.79 Å². The molecule has 4 rings (SSSR count). The number of halogens is 2. The van der Waals surface area contributed by atoms with Crippen LogP contribution in [0.15, 0.2) is 41.4 Å². The van der Waals surface area contributed by atoms with Gasteiger partial charge in [-0.2, -0.15) is 0 Å². The Labute approximate surface area is 181 Å². The summed E-state index contributed by atoms with van der Waals surface area (Å²) in [7, 11) is 0. The molecule has 0 saturated carbocycles. The maximum Gasteiger partial charge on any atom is 0.219 e. The first kappa shape index (κ1) is 20.2. The highest BCUT2D eigenvalue weighted by Gasteiger charge is 2.21. The number of hydrogen-bond acceptors (Lipinski definition) is 3. The zero-order valence-corrected chi connectivity index (χ0v) is 18.1. The van der Waals surface area contributed by atoms with E-state index in [-0.39, 0.29) is 5.91 Å². The number of benzene rings is 2. The van der Waals surface area contributed by atoms with E-state index in [0.717, 1.165) is 61.4 Å². The van der Waals surface area contributed by atoms with E-state index in [1.54, 1.807) is 6.92 Å². The summed E-state index contributed by atoms with van der Waals surface area (Å²) in [5.41, 5.74) is 4.31. The molecule has 1 amide bonds. The van der Waals surface area contributed by atoms with Crippen LogP contribution in [-0.4, -0.2) is 29.7 Å². The van der Waals surface area contributed by atoms with Crippen molar-refractivity contribution in [1.29, 1.82) is 0 Å². The smallest absolute Gasteiger partial charge is 0.219 e. The van der Waals surface area contributed by atoms with Crippen molar-refractivity contribution in [2.75, 3.05) is 18.4 Å². The van der Waals surface area contributed by atoms with Gasteiger partial charge in [-0.3, -0.25) is 9.79 Å². The van der Waals surface area contributed by atoms with Crippen LogP contribution in [0.2, 0.25) is 10.0 Å². The van der Waals surface area contributed by atoms with E-state index in [2.05, 4.69) is 22.4 Å². The molecular weight excluding hydrogens is 405 g/mol. The molecule has 152 valence electrons. The van der Waals surface area contributed by atoms with Crippen molar-refractivity contribution in [1.82, 2.24) is 4.90 Å². The molecule has 1 N–H and O–H groups in total. The number of anilines is 1. The normalized spacial score (nSPS) is 16.8. The van der Waals surface area contributed by atoms with E-state index in [1.165, 1.54) is 5.56 Å². The standard InChI is InChI=1S/C23H25Cl2N3O/c1-15(29)28-10-8-16(9-11-28)2-3-17-4-7-21(25)20(12-17)23-26-14-18-5-6-19(24)13-22(18)27-23/h4-7,12-13,16H,2-3,8-11,14H2,1H3,(H,26,27). The SMILES string of the molecule is CC(=O)N1CCC(CCc2ccc(Cl)c(C3=NCc4ccc(Cl)cc4N3)c2)CC1. The van der Waals surface area contributed by atoms with Crippen molar-refractivity contribution in [2.45, 2.75) is 39.2 Å². The summed E-state index contributed by atoms with van der Waals surface area (Å²) >= 11 is 12.6. The van der Waals surface area contributed by atoms with Crippen LogP contribution >= 0.6 is 23.2 Å². The molecule has 4 nitrogen and oxygen atoms in total. The van der Waals surface area contributed by atoms with Gasteiger partial charge in [0.1, 0.15) is 5.84 Å². The molecule has 6 heteroatoms. The zero-order chi connectivity index (χ0) is 20.4. The van der Waals surface area contributed by atoms with Crippen LogP contribution in [0.3, 0.4) is 0 Å². The molecule has 0 bridgehead atoms. The fourth-order valence-electron chi connectivity index (χ4n) is 4.10. The van der Waals surface area contributed by atoms with Crippen LogP contribution in [0.4, 0.5) is 5.69 Å². The number of fused-ring (bicyclic) bond motifs is 1. The minimum Gasteiger partial charge on any atom is -0.343 e. The van der Waals surface area contributed by atoms with E-state index >= 15 is 0 Å². The van der Waals surface area contributed by atoms with Gasteiger partial charge in [-0.05, 0) is 67.0 Å². The molecule has 0 aromatic heterocycles. The number of nitrogens with zero attached hydrogens (tertiary/aromatic N) is 2. The van der Waals surface area contributed by atoms with E-state index in [4.69, 9.17) is 23.2 Å². The molecule has 1 saturated heterocycles. The predicted molar refractivity (Wildman–Crippen MR) is 120 cm³/mol. The lowest BCUT2D eigenvalue weighted by atomic mass is 9.90. The number of piperidine rings is 1. The second-order valence-corrected chi connectivity index (χ2v) is 8.74. The second-order valence-electron chi connectivity index (χ2n) is 7.89. The van der Waals surface area contributed by atoms with Crippen molar-refractivity contribution in [3.63, 3.8) is 0 Å². The Hall–Kier alpha value is -2.04. The third-order valence-electron chi connectivity index (χ3n) is 5.92. The Morgan fingerprint density at radius 3 is 2.72 bits per heavy atom. The van der Waals surface area contributed by atoms with Gasteiger partial charge in [0.25, 0.3) is 0 Å². The lowest BCUT2D eigenvalue weighted by molar-refractivity contribution is -0.130. The van der Waals surface area contributed by atoms with Crippen molar-refractivity contribution in [3.8, 4) is 0 Å². The lowest BCUT2D eigenvalue weighted by Crippen LogP contribution is -2.37. The molecule has 29 heavy (non-hydrogen) atoms. The largest absolute Gasteiger partial charge is 0.343 e. The molecule has 2 heterocycles. The van der Waals surface area contributed by atoms with Gasteiger partial charge in [-0.25, -0.2) is 0 Å². The Morgan fingerprint density at radius 2 is 1.97 bits per heavy atom. The quantitative estimate of drug-likeness (QED) is 0.691. The molecule has 0 aliphatic carbocycles. The van der Waals surface area contributed by atoms with Crippen LogP contribution in [0.1, 0.15) is 42.9 Å². The molecular formula is C23H25Cl2N3O. The minimum atomic E-state index is 0.189. The fourth-order valence-corrected chi connectivity index (χ4v) is 4.48. The Bertz CT molecular complexity index is 949. The van der Waals surface area contributed by atoms with Gasteiger partial charge in [-0.15, -0.1) is 0 Å². The second kappa shape index (κ2) is 8.76. The fraction of sp³-hybridized carbons (Fsp3) is 0.391. The molecule has 1 fully saturated rings. The summed E-state index contributed by atoms with van der Waals surface area (Å²) in [6.45, 7) is 4.04. The summed E-state index contributed by atoms with van der Waals surface area (Å²) in [5, 5.41) is 4.78. The number of amides is 1. The molecule has 0 atom stereocenters. The number of amidine groups is 1. The van der Waals surface area contributed by atoms with Crippen LogP contribution in [-0.2, 0) is 17.8 Å². The number of aliphatic imine (C=N–C) groups is 1. The van der Waals surface area contributed by atoms with E-state index < -0.39 is 0 Å². The first-order valence-electron chi connectivity index (χ1n) is 10.1. The average molecular weight is 430 g/mol. The van der Waals surface area contributed by atoms with E-state index in [0.29, 0.717) is 22.5 Å². The molecule has 0 unspecified atom stereocenters. The lowest BCUT2D eigenvalue weighted by Gasteiger charge is -2.31. The highest BCUT2D eigenvalue weighted by atomic mass is 35.5. The number of carbonyl (C=O) groups is 1. The van der Waals surface area contributed by atoms with E-state index in [9.17, 15) is 4.79 Å². The summed E-state index contributed by atoms with van der Waals surface area (Å²) in [6, 6.07) is 12.0. The summed E-state index contributed by atoms with van der Waals surface area (Å²) in [5.74, 6) is 1.65. The monoisotopic (exact) mass is 429 g/mol. The summed E-state index contributed by atoms with van der Waals surface area (Å²) in [4.78, 5) is 18.1. The molecule has 2 aromatic rings. The minimum absolute atomic E-state index is 0.189. The molecule has 0 spiro atoms. The summed E-state index contributed by atoms with van der Waals surface area (Å²) in [6.07, 6.45) is 4.31. The number of nitrogens with one attached hydrogen (secondary N) is 1. The number of hydrogen-bond donors (Lipinski definition) is 1. The molecule has 2 aromatic carbocycles. The first-order chi connectivity index (χ1) is 14.0. The van der Waals surface area contributed by atoms with Crippen molar-refractivity contribution in [2.24, 2.45) is 10.9 Å². The van der Waals surface area contributed by atoms with Gasteiger partial charge < -0.3 is 10.2 Å². The predicted octanol–water partition coefficient (Wildman–Crippen LogP) is 5.56. The van der Waals surface area contributed by atoms with Gasteiger partial charge in [0, 0.05) is 36.3 Å². The Kier molecular flexibility index (Phi) is 6.12. The maximum atomic E-state index is 11.5. The van der Waals surface area contributed by atoms with Crippen molar-refractivity contribution in [3.05, 3.63) is 63.1 Å².